The van der Waals surface area contributed by atoms with E-state index < -0.39 is 6.10 Å². The van der Waals surface area contributed by atoms with Crippen LogP contribution >= 0.6 is 22.9 Å². The van der Waals surface area contributed by atoms with Gasteiger partial charge in [0.2, 0.25) is 0 Å². The van der Waals surface area contributed by atoms with Crippen LogP contribution in [0.25, 0.3) is 0 Å². The van der Waals surface area contributed by atoms with Crippen molar-refractivity contribution in [1.29, 1.82) is 0 Å². The Morgan fingerprint density at radius 3 is 2.72 bits per heavy atom. The van der Waals surface area contributed by atoms with Crippen molar-refractivity contribution in [3.63, 3.8) is 0 Å². The number of aliphatic hydroxyl groups is 1. The fraction of sp³-hybridized carbons (Fsp3) is 0.286. The molecular weight excluding hydrogens is 268 g/mol. The molecule has 2 rings (SSSR count). The number of aliphatic hydroxyl groups excluding tert-OH is 1. The van der Waals surface area contributed by atoms with Crippen molar-refractivity contribution in [2.75, 3.05) is 0 Å². The maximum absolute atomic E-state index is 9.91. The maximum atomic E-state index is 9.91. The van der Waals surface area contributed by atoms with Gasteiger partial charge in [0.15, 0.2) is 0 Å². The van der Waals surface area contributed by atoms with Crippen LogP contribution in [0.3, 0.4) is 0 Å². The van der Waals surface area contributed by atoms with E-state index in [1.165, 1.54) is 11.3 Å². The van der Waals surface area contributed by atoms with Crippen LogP contribution in [0.1, 0.15) is 29.9 Å². The standard InChI is InChI=1S/C14H15ClO2S/c1-2-12(16)11-5-3-4-6-13(11)17-9-10-7-8-14(15)18-10/h3-8,12,16H,2,9H2,1H3/t12-/m0/s1. The van der Waals surface area contributed by atoms with E-state index in [0.717, 1.165) is 20.5 Å². The molecule has 0 saturated heterocycles. The van der Waals surface area contributed by atoms with Crippen molar-refractivity contribution in [2.24, 2.45) is 0 Å². The van der Waals surface area contributed by atoms with Gasteiger partial charge in [0, 0.05) is 10.4 Å². The molecule has 0 aliphatic carbocycles. The predicted molar refractivity (Wildman–Crippen MR) is 75.4 cm³/mol. The van der Waals surface area contributed by atoms with E-state index >= 15 is 0 Å². The highest BCUT2D eigenvalue weighted by molar-refractivity contribution is 7.16. The van der Waals surface area contributed by atoms with Gasteiger partial charge in [0.05, 0.1) is 10.4 Å². The Balaban J connectivity index is 2.09. The van der Waals surface area contributed by atoms with Crippen molar-refractivity contribution in [3.05, 3.63) is 51.2 Å². The highest BCUT2D eigenvalue weighted by Crippen LogP contribution is 2.29. The molecule has 0 unspecified atom stereocenters. The average molecular weight is 283 g/mol. The number of ether oxygens (including phenoxy) is 1. The molecule has 1 atom stereocenters. The maximum Gasteiger partial charge on any atom is 0.125 e. The fourth-order valence-corrected chi connectivity index (χ4v) is 2.69. The number of para-hydroxylation sites is 1. The summed E-state index contributed by atoms with van der Waals surface area (Å²) >= 11 is 7.37. The Labute approximate surface area is 116 Å². The van der Waals surface area contributed by atoms with Crippen molar-refractivity contribution in [1.82, 2.24) is 0 Å². The van der Waals surface area contributed by atoms with Gasteiger partial charge < -0.3 is 9.84 Å². The first-order valence-electron chi connectivity index (χ1n) is 5.84. The summed E-state index contributed by atoms with van der Waals surface area (Å²) in [5.74, 6) is 0.733. The molecule has 1 N–H and O–H groups in total. The summed E-state index contributed by atoms with van der Waals surface area (Å²) in [6.45, 7) is 2.42. The molecule has 0 fully saturated rings. The number of hydrogen-bond donors (Lipinski definition) is 1. The minimum atomic E-state index is -0.479. The number of halogens is 1. The van der Waals surface area contributed by atoms with Gasteiger partial charge in [-0.25, -0.2) is 0 Å². The zero-order valence-corrected chi connectivity index (χ0v) is 11.7. The molecule has 0 spiro atoms. The highest BCUT2D eigenvalue weighted by atomic mass is 35.5. The first-order chi connectivity index (χ1) is 8.70. The van der Waals surface area contributed by atoms with Crippen molar-refractivity contribution in [2.45, 2.75) is 26.1 Å². The van der Waals surface area contributed by atoms with Crippen LogP contribution in [0.2, 0.25) is 4.34 Å². The smallest absolute Gasteiger partial charge is 0.125 e. The lowest BCUT2D eigenvalue weighted by atomic mass is 10.1. The van der Waals surface area contributed by atoms with Crippen molar-refractivity contribution in [3.8, 4) is 5.75 Å². The molecule has 0 aliphatic rings. The Bertz CT molecular complexity index is 510. The van der Waals surface area contributed by atoms with Crippen molar-refractivity contribution >= 4 is 22.9 Å². The van der Waals surface area contributed by atoms with E-state index in [9.17, 15) is 5.11 Å². The summed E-state index contributed by atoms with van der Waals surface area (Å²) < 4.78 is 6.51. The van der Waals surface area contributed by atoms with E-state index in [1.807, 2.05) is 43.3 Å². The van der Waals surface area contributed by atoms with Gasteiger partial charge in [0.25, 0.3) is 0 Å². The average Bonchev–Trinajstić information content (AvgIpc) is 2.81. The van der Waals surface area contributed by atoms with Crippen LogP contribution in [-0.2, 0) is 6.61 Å². The molecule has 0 amide bonds. The zero-order valence-electron chi connectivity index (χ0n) is 10.1. The predicted octanol–water partition coefficient (Wildman–Crippen LogP) is 4.42. The quantitative estimate of drug-likeness (QED) is 0.879. The lowest BCUT2D eigenvalue weighted by Crippen LogP contribution is -2.01. The lowest BCUT2D eigenvalue weighted by Gasteiger charge is -2.14. The SMILES string of the molecule is CC[C@H](O)c1ccccc1OCc1ccc(Cl)s1. The molecule has 18 heavy (non-hydrogen) atoms. The summed E-state index contributed by atoms with van der Waals surface area (Å²) in [6, 6.07) is 11.4. The molecule has 1 heterocycles. The van der Waals surface area contributed by atoms with Gasteiger partial charge >= 0.3 is 0 Å². The minimum absolute atomic E-state index is 0.477. The molecule has 0 aliphatic heterocycles. The molecule has 96 valence electrons. The van der Waals surface area contributed by atoms with Gasteiger partial charge in [-0.15, -0.1) is 11.3 Å². The second-order valence-electron chi connectivity index (χ2n) is 3.96. The summed E-state index contributed by atoms with van der Waals surface area (Å²) in [6.07, 6.45) is 0.193. The Hall–Kier alpha value is -1.03. The Morgan fingerprint density at radius 1 is 1.28 bits per heavy atom. The fourth-order valence-electron chi connectivity index (χ4n) is 1.69. The van der Waals surface area contributed by atoms with Crippen LogP contribution in [-0.4, -0.2) is 5.11 Å². The van der Waals surface area contributed by atoms with Crippen LogP contribution in [0, 0.1) is 0 Å². The normalized spacial score (nSPS) is 12.4. The second-order valence-corrected chi connectivity index (χ2v) is 5.76. The number of thiophene rings is 1. The van der Waals surface area contributed by atoms with Crippen LogP contribution in [0.15, 0.2) is 36.4 Å². The van der Waals surface area contributed by atoms with Gasteiger partial charge in [0.1, 0.15) is 12.4 Å². The topological polar surface area (TPSA) is 29.5 Å². The summed E-state index contributed by atoms with van der Waals surface area (Å²) in [5, 5.41) is 9.91. The molecular formula is C14H15ClO2S. The van der Waals surface area contributed by atoms with Gasteiger partial charge in [-0.2, -0.15) is 0 Å². The minimum Gasteiger partial charge on any atom is -0.488 e. The molecule has 0 bridgehead atoms. The van der Waals surface area contributed by atoms with E-state index in [-0.39, 0.29) is 0 Å². The summed E-state index contributed by atoms with van der Waals surface area (Å²) in [5.41, 5.74) is 0.836. The van der Waals surface area contributed by atoms with Crippen LogP contribution in [0.4, 0.5) is 0 Å². The van der Waals surface area contributed by atoms with E-state index in [0.29, 0.717) is 13.0 Å². The highest BCUT2D eigenvalue weighted by Gasteiger charge is 2.11. The zero-order chi connectivity index (χ0) is 13.0. The summed E-state index contributed by atoms with van der Waals surface area (Å²) in [4.78, 5) is 1.07. The summed E-state index contributed by atoms with van der Waals surface area (Å²) in [7, 11) is 0. The molecule has 2 aromatic rings. The first kappa shape index (κ1) is 13.4. The first-order valence-corrected chi connectivity index (χ1v) is 7.04. The lowest BCUT2D eigenvalue weighted by molar-refractivity contribution is 0.166. The number of benzene rings is 1. The third-order valence-corrected chi connectivity index (χ3v) is 3.87. The monoisotopic (exact) mass is 282 g/mol. The third kappa shape index (κ3) is 3.25. The van der Waals surface area contributed by atoms with Crippen molar-refractivity contribution < 1.29 is 9.84 Å². The molecule has 4 heteroatoms. The van der Waals surface area contributed by atoms with Crippen LogP contribution < -0.4 is 4.74 Å². The van der Waals surface area contributed by atoms with Gasteiger partial charge in [-0.3, -0.25) is 0 Å². The Morgan fingerprint density at radius 2 is 2.06 bits per heavy atom. The number of rotatable bonds is 5. The Kier molecular flexibility index (Phi) is 4.64. The molecule has 1 aromatic heterocycles. The molecule has 0 saturated carbocycles. The molecule has 0 radical (unpaired) electrons. The second kappa shape index (κ2) is 6.23. The molecule has 2 nitrogen and oxygen atoms in total. The van der Waals surface area contributed by atoms with Gasteiger partial charge in [-0.1, -0.05) is 36.7 Å². The van der Waals surface area contributed by atoms with Crippen LogP contribution in [0.5, 0.6) is 5.75 Å². The number of hydrogen-bond acceptors (Lipinski definition) is 3. The third-order valence-electron chi connectivity index (χ3n) is 2.66. The van der Waals surface area contributed by atoms with E-state index in [2.05, 4.69) is 0 Å². The van der Waals surface area contributed by atoms with E-state index in [1.54, 1.807) is 0 Å². The molecule has 1 aromatic carbocycles. The van der Waals surface area contributed by atoms with E-state index in [4.69, 9.17) is 16.3 Å². The van der Waals surface area contributed by atoms with Gasteiger partial charge in [-0.05, 0) is 24.6 Å². The largest absolute Gasteiger partial charge is 0.488 e.